The van der Waals surface area contributed by atoms with Gasteiger partial charge in [0.2, 0.25) is 0 Å². The minimum atomic E-state index is -1.27. The maximum Gasteiger partial charge on any atom is 0.410 e. The van der Waals surface area contributed by atoms with Crippen LogP contribution in [0.5, 0.6) is 0 Å². The molecule has 4 aromatic heterocycles. The Labute approximate surface area is 274 Å². The largest absolute Gasteiger partial charge is 0.598 e. The number of aromatic nitrogens is 7. The van der Waals surface area contributed by atoms with Gasteiger partial charge < -0.3 is 19.3 Å². The smallest absolute Gasteiger partial charge is 0.410 e. The van der Waals surface area contributed by atoms with Crippen LogP contribution in [0.3, 0.4) is 0 Å². The molecule has 3 N–H and O–H groups in total. The van der Waals surface area contributed by atoms with E-state index in [-0.39, 0.29) is 33.3 Å². The van der Waals surface area contributed by atoms with Crippen LogP contribution in [-0.4, -0.2) is 74.7 Å². The quantitative estimate of drug-likeness (QED) is 0.238. The fraction of sp³-hybridized carbons (Fsp3) is 0.533. The van der Waals surface area contributed by atoms with E-state index in [4.69, 9.17) is 31.4 Å². The van der Waals surface area contributed by atoms with Crippen LogP contribution in [-0.2, 0) is 22.6 Å². The minimum Gasteiger partial charge on any atom is -0.598 e. The summed E-state index contributed by atoms with van der Waals surface area (Å²) in [5.41, 5.74) is 3.03. The molecule has 1 amide bonds. The SMILES string of the molecule is CC(C)(C)[S@@+]([O-])N[C@@H]1c2ccnn2CC12CCN(c1cnc3c(-c4ccnc(NC(=O)O)c4Cl)nn([C@H]4CCCCO4)c3n1)CC2. The number of rotatable bonds is 6. The van der Waals surface area contributed by atoms with Crippen molar-refractivity contribution in [2.45, 2.75) is 76.4 Å². The summed E-state index contributed by atoms with van der Waals surface area (Å²) in [6, 6.07) is 3.65. The molecule has 0 radical (unpaired) electrons. The zero-order valence-corrected chi connectivity index (χ0v) is 27.5. The van der Waals surface area contributed by atoms with Crippen molar-refractivity contribution in [2.75, 3.05) is 29.9 Å². The van der Waals surface area contributed by atoms with Gasteiger partial charge in [0.1, 0.15) is 27.8 Å². The van der Waals surface area contributed by atoms with Crippen LogP contribution in [0, 0.1) is 5.41 Å². The molecule has 2 fully saturated rings. The summed E-state index contributed by atoms with van der Waals surface area (Å²) in [5.74, 6) is 0.751. The second-order valence-electron chi connectivity index (χ2n) is 13.2. The van der Waals surface area contributed by atoms with Gasteiger partial charge in [0.15, 0.2) is 17.7 Å². The van der Waals surface area contributed by atoms with Crippen LogP contribution in [0.2, 0.25) is 5.02 Å². The third-order valence-corrected chi connectivity index (χ3v) is 11.1. The summed E-state index contributed by atoms with van der Waals surface area (Å²) in [6.07, 6.45) is 7.95. The average molecular weight is 669 g/mol. The number of fused-ring (bicyclic) bond motifs is 2. The number of carbonyl (C=O) groups is 1. The van der Waals surface area contributed by atoms with Crippen molar-refractivity contribution in [1.82, 2.24) is 39.2 Å². The number of anilines is 2. The van der Waals surface area contributed by atoms with Gasteiger partial charge in [-0.15, -0.1) is 4.72 Å². The van der Waals surface area contributed by atoms with E-state index in [0.717, 1.165) is 63.3 Å². The van der Waals surface area contributed by atoms with Gasteiger partial charge in [0.05, 0.1) is 16.9 Å². The van der Waals surface area contributed by atoms with E-state index in [1.807, 2.05) is 37.7 Å². The first-order valence-corrected chi connectivity index (χ1v) is 17.0. The maximum absolute atomic E-state index is 13.2. The number of halogens is 1. The molecule has 4 aromatic rings. The van der Waals surface area contributed by atoms with Gasteiger partial charge in [-0.3, -0.25) is 10.00 Å². The van der Waals surface area contributed by atoms with Crippen molar-refractivity contribution in [2.24, 2.45) is 5.41 Å². The Bertz CT molecular complexity index is 1760. The molecule has 3 aliphatic heterocycles. The summed E-state index contributed by atoms with van der Waals surface area (Å²) in [4.78, 5) is 27.6. The highest BCUT2D eigenvalue weighted by Gasteiger charge is 2.51. The molecule has 1 spiro atoms. The van der Waals surface area contributed by atoms with Crippen LogP contribution in [0.4, 0.5) is 16.4 Å². The number of nitrogens with zero attached hydrogens (tertiary/aromatic N) is 8. The van der Waals surface area contributed by atoms with Crippen LogP contribution in [0.1, 0.15) is 70.8 Å². The topological polar surface area (TPSA) is 171 Å². The Morgan fingerprint density at radius 3 is 2.72 bits per heavy atom. The zero-order chi connectivity index (χ0) is 32.2. The van der Waals surface area contributed by atoms with Gasteiger partial charge in [0, 0.05) is 61.0 Å². The molecule has 14 nitrogen and oxygen atoms in total. The van der Waals surface area contributed by atoms with E-state index in [1.54, 1.807) is 16.9 Å². The monoisotopic (exact) mass is 668 g/mol. The van der Waals surface area contributed by atoms with Gasteiger partial charge in [-0.25, -0.2) is 24.4 Å². The normalized spacial score (nSPS) is 21.9. The average Bonchev–Trinajstić information content (AvgIpc) is 3.71. The molecule has 7 rings (SSSR count). The molecule has 2 saturated heterocycles. The van der Waals surface area contributed by atoms with Gasteiger partial charge in [-0.2, -0.15) is 10.2 Å². The number of hydrogen-bond acceptors (Lipinski definition) is 10. The van der Waals surface area contributed by atoms with Crippen LogP contribution >= 0.6 is 11.6 Å². The number of carboxylic acid groups (broad SMARTS) is 1. The van der Waals surface area contributed by atoms with Gasteiger partial charge >= 0.3 is 6.09 Å². The van der Waals surface area contributed by atoms with Crippen molar-refractivity contribution < 1.29 is 19.2 Å². The molecule has 3 aliphatic rings. The third-order valence-electron chi connectivity index (χ3n) is 9.18. The van der Waals surface area contributed by atoms with Crippen LogP contribution < -0.4 is 14.9 Å². The maximum atomic E-state index is 13.2. The lowest BCUT2D eigenvalue weighted by Gasteiger charge is -2.43. The fourth-order valence-electron chi connectivity index (χ4n) is 6.69. The summed E-state index contributed by atoms with van der Waals surface area (Å²) >= 11 is 5.41. The lowest BCUT2D eigenvalue weighted by Crippen LogP contribution is -2.50. The molecule has 3 atom stereocenters. The van der Waals surface area contributed by atoms with Crippen molar-refractivity contribution in [1.29, 1.82) is 0 Å². The number of pyridine rings is 1. The number of amides is 1. The molecule has 16 heteroatoms. The molecule has 0 unspecified atom stereocenters. The lowest BCUT2D eigenvalue weighted by atomic mass is 9.73. The molecular weight excluding hydrogens is 632 g/mol. The van der Waals surface area contributed by atoms with Crippen molar-refractivity contribution in [3.8, 4) is 11.3 Å². The number of piperidine rings is 1. The molecule has 0 saturated carbocycles. The zero-order valence-electron chi connectivity index (χ0n) is 25.9. The van der Waals surface area contributed by atoms with E-state index >= 15 is 0 Å². The molecule has 46 heavy (non-hydrogen) atoms. The van der Waals surface area contributed by atoms with Gasteiger partial charge in [-0.05, 0) is 65.0 Å². The van der Waals surface area contributed by atoms with E-state index < -0.39 is 17.5 Å². The summed E-state index contributed by atoms with van der Waals surface area (Å²) in [5, 5.41) is 21.1. The Balaban J connectivity index is 1.20. The first-order valence-electron chi connectivity index (χ1n) is 15.5. The highest BCUT2D eigenvalue weighted by Crippen LogP contribution is 2.50. The highest BCUT2D eigenvalue weighted by molar-refractivity contribution is 7.90. The Hall–Kier alpha value is -3.50. The number of nitrogens with one attached hydrogen (secondary N) is 2. The molecule has 0 aromatic carbocycles. The predicted octanol–water partition coefficient (Wildman–Crippen LogP) is 4.92. The molecule has 0 bridgehead atoms. The van der Waals surface area contributed by atoms with E-state index in [0.29, 0.717) is 29.0 Å². The second kappa shape index (κ2) is 11.9. The van der Waals surface area contributed by atoms with E-state index in [1.165, 1.54) is 6.20 Å². The van der Waals surface area contributed by atoms with Crippen molar-refractivity contribution in [3.05, 3.63) is 41.4 Å². The third kappa shape index (κ3) is 5.57. The second-order valence-corrected chi connectivity index (χ2v) is 15.5. The van der Waals surface area contributed by atoms with Gasteiger partial charge in [-0.1, -0.05) is 11.6 Å². The van der Waals surface area contributed by atoms with Crippen LogP contribution in [0.25, 0.3) is 22.4 Å². The Kier molecular flexibility index (Phi) is 8.08. The van der Waals surface area contributed by atoms with Gasteiger partial charge in [0.25, 0.3) is 0 Å². The minimum absolute atomic E-state index is 0.0167. The predicted molar refractivity (Wildman–Crippen MR) is 174 cm³/mol. The molecular formula is C30H37ClN10O4S. The van der Waals surface area contributed by atoms with E-state index in [9.17, 15) is 14.5 Å². The highest BCUT2D eigenvalue weighted by atomic mass is 35.5. The Morgan fingerprint density at radius 1 is 1.20 bits per heavy atom. The summed E-state index contributed by atoms with van der Waals surface area (Å²) in [7, 11) is 0. The summed E-state index contributed by atoms with van der Waals surface area (Å²) in [6.45, 7) is 8.82. The molecule has 244 valence electrons. The number of hydrogen-bond donors (Lipinski definition) is 3. The standard InChI is InChI=1S/C30H37ClN10O4S/c1-29(2,3)46(44)38-25-19-8-12-34-40(19)17-30(25)9-13-39(14-10-30)20-16-33-24-23(18-7-11-32-26(22(18)31)36-28(42)43)37-41(27(24)35-20)21-6-4-5-15-45-21/h7-8,11-12,16,21,25,38H,4-6,9-10,13-15,17H2,1-3H3,(H,32,36)(H,42,43)/t21-,25-,46-/m1/s1. The number of ether oxygens (including phenoxy) is 1. The van der Waals surface area contributed by atoms with Crippen molar-refractivity contribution in [3.63, 3.8) is 0 Å². The summed E-state index contributed by atoms with van der Waals surface area (Å²) < 4.78 is 26.2. The fourth-order valence-corrected chi connectivity index (χ4v) is 7.87. The lowest BCUT2D eigenvalue weighted by molar-refractivity contribution is -0.0368. The van der Waals surface area contributed by atoms with Crippen molar-refractivity contribution >= 4 is 51.9 Å². The molecule has 0 aliphatic carbocycles. The van der Waals surface area contributed by atoms with Crippen LogP contribution in [0.15, 0.2) is 30.7 Å². The first-order chi connectivity index (χ1) is 22.0. The molecule has 7 heterocycles. The first kappa shape index (κ1) is 31.1. The van der Waals surface area contributed by atoms with E-state index in [2.05, 4.69) is 25.0 Å². The Morgan fingerprint density at radius 2 is 2.00 bits per heavy atom.